The lowest BCUT2D eigenvalue weighted by molar-refractivity contribution is -0.0453. The molecule has 3 heteroatoms. The van der Waals surface area contributed by atoms with Crippen molar-refractivity contribution < 1.29 is 9.84 Å². The minimum absolute atomic E-state index is 0.354. The smallest absolute Gasteiger partial charge is 0.0897 e. The lowest BCUT2D eigenvalue weighted by atomic mass is 9.88. The lowest BCUT2D eigenvalue weighted by Crippen LogP contribution is -2.36. The van der Waals surface area contributed by atoms with Gasteiger partial charge in [-0.1, -0.05) is 39.0 Å². The summed E-state index contributed by atoms with van der Waals surface area (Å²) in [7, 11) is 0. The van der Waals surface area contributed by atoms with Crippen molar-refractivity contribution in [1.29, 1.82) is 0 Å². The summed E-state index contributed by atoms with van der Waals surface area (Å²) in [5, 5.41) is 13.4. The van der Waals surface area contributed by atoms with Gasteiger partial charge in [0.25, 0.3) is 0 Å². The highest BCUT2D eigenvalue weighted by Gasteiger charge is 2.22. The quantitative estimate of drug-likeness (QED) is 0.754. The Balaban J connectivity index is 1.52. The van der Waals surface area contributed by atoms with Crippen LogP contribution in [-0.2, 0) is 4.74 Å². The zero-order valence-corrected chi connectivity index (χ0v) is 13.2. The molecule has 2 saturated carbocycles. The molecule has 20 heavy (non-hydrogen) atoms. The summed E-state index contributed by atoms with van der Waals surface area (Å²) in [5.74, 6) is 1.49. The highest BCUT2D eigenvalue weighted by molar-refractivity contribution is 4.74. The largest absolute Gasteiger partial charge is 0.389 e. The van der Waals surface area contributed by atoms with Gasteiger partial charge in [0.15, 0.2) is 0 Å². The maximum atomic E-state index is 10.0. The Kier molecular flexibility index (Phi) is 7.32. The molecule has 0 aromatic carbocycles. The molecular weight excluding hydrogens is 250 g/mol. The molecule has 0 aliphatic heterocycles. The van der Waals surface area contributed by atoms with Crippen molar-refractivity contribution in [3.63, 3.8) is 0 Å². The standard InChI is InChI=1S/C17H33NO2/c1-14-7-5-6-10-17(14)20-13-16(19)12-18-11-15-8-3-2-4-9-15/h14-19H,2-13H2,1H3. The van der Waals surface area contributed by atoms with Gasteiger partial charge in [0.05, 0.1) is 18.8 Å². The summed E-state index contributed by atoms with van der Waals surface area (Å²) < 4.78 is 5.91. The number of hydrogen-bond acceptors (Lipinski definition) is 3. The minimum Gasteiger partial charge on any atom is -0.389 e. The molecule has 3 atom stereocenters. The van der Waals surface area contributed by atoms with Gasteiger partial charge in [0.2, 0.25) is 0 Å². The third kappa shape index (κ3) is 5.71. The highest BCUT2D eigenvalue weighted by atomic mass is 16.5. The number of aliphatic hydroxyl groups excluding tert-OH is 1. The molecule has 118 valence electrons. The Bertz CT molecular complexity index is 253. The summed E-state index contributed by atoms with van der Waals surface area (Å²) in [6.07, 6.45) is 12.0. The lowest BCUT2D eigenvalue weighted by Gasteiger charge is -2.29. The van der Waals surface area contributed by atoms with Crippen LogP contribution in [0, 0.1) is 11.8 Å². The van der Waals surface area contributed by atoms with E-state index in [1.54, 1.807) is 0 Å². The van der Waals surface area contributed by atoms with Gasteiger partial charge in [0, 0.05) is 6.54 Å². The highest BCUT2D eigenvalue weighted by Crippen LogP contribution is 2.26. The second-order valence-electron chi connectivity index (χ2n) is 6.95. The van der Waals surface area contributed by atoms with E-state index in [1.807, 2.05) is 0 Å². The molecule has 2 aliphatic rings. The van der Waals surface area contributed by atoms with Gasteiger partial charge in [-0.3, -0.25) is 0 Å². The van der Waals surface area contributed by atoms with Gasteiger partial charge >= 0.3 is 0 Å². The Morgan fingerprint density at radius 1 is 1.05 bits per heavy atom. The van der Waals surface area contributed by atoms with E-state index < -0.39 is 0 Å². The first-order valence-corrected chi connectivity index (χ1v) is 8.76. The zero-order valence-electron chi connectivity index (χ0n) is 13.2. The number of aliphatic hydroxyl groups is 1. The molecule has 2 aliphatic carbocycles. The number of ether oxygens (including phenoxy) is 1. The summed E-state index contributed by atoms with van der Waals surface area (Å²) >= 11 is 0. The Morgan fingerprint density at radius 2 is 1.75 bits per heavy atom. The molecule has 0 spiro atoms. The number of rotatable bonds is 7. The first kappa shape index (κ1) is 16.3. The van der Waals surface area contributed by atoms with E-state index in [2.05, 4.69) is 12.2 Å². The summed E-state index contributed by atoms with van der Waals surface area (Å²) in [6.45, 7) is 4.51. The number of hydrogen-bond donors (Lipinski definition) is 2. The van der Waals surface area contributed by atoms with E-state index in [1.165, 1.54) is 57.8 Å². The summed E-state index contributed by atoms with van der Waals surface area (Å²) in [6, 6.07) is 0. The summed E-state index contributed by atoms with van der Waals surface area (Å²) in [4.78, 5) is 0. The molecule has 0 aromatic heterocycles. The van der Waals surface area contributed by atoms with Crippen LogP contribution in [0.3, 0.4) is 0 Å². The molecule has 0 radical (unpaired) electrons. The predicted molar refractivity (Wildman–Crippen MR) is 82.8 cm³/mol. The van der Waals surface area contributed by atoms with E-state index >= 15 is 0 Å². The van der Waals surface area contributed by atoms with Gasteiger partial charge in [-0.25, -0.2) is 0 Å². The van der Waals surface area contributed by atoms with Gasteiger partial charge in [-0.05, 0) is 44.1 Å². The Hall–Kier alpha value is -0.120. The van der Waals surface area contributed by atoms with Crippen LogP contribution in [0.15, 0.2) is 0 Å². The normalized spacial score (nSPS) is 30.3. The van der Waals surface area contributed by atoms with Crippen LogP contribution in [0.1, 0.15) is 64.7 Å². The van der Waals surface area contributed by atoms with E-state index in [0.717, 1.165) is 12.5 Å². The SMILES string of the molecule is CC1CCCCC1OCC(O)CNCC1CCCCC1. The zero-order chi connectivity index (χ0) is 14.2. The van der Waals surface area contributed by atoms with Crippen LogP contribution in [0.5, 0.6) is 0 Å². The Morgan fingerprint density at radius 3 is 2.50 bits per heavy atom. The fraction of sp³-hybridized carbons (Fsp3) is 1.00. The van der Waals surface area contributed by atoms with Crippen molar-refractivity contribution in [2.75, 3.05) is 19.7 Å². The average molecular weight is 283 g/mol. The first-order valence-electron chi connectivity index (χ1n) is 8.76. The van der Waals surface area contributed by atoms with E-state index in [0.29, 0.717) is 25.2 Å². The molecule has 2 N–H and O–H groups in total. The third-order valence-corrected chi connectivity index (χ3v) is 5.07. The van der Waals surface area contributed by atoms with Crippen molar-refractivity contribution in [1.82, 2.24) is 5.32 Å². The van der Waals surface area contributed by atoms with Crippen LogP contribution >= 0.6 is 0 Å². The van der Waals surface area contributed by atoms with Gasteiger partial charge in [-0.15, -0.1) is 0 Å². The van der Waals surface area contributed by atoms with E-state index in [-0.39, 0.29) is 6.10 Å². The van der Waals surface area contributed by atoms with E-state index in [4.69, 9.17) is 4.74 Å². The molecule has 3 nitrogen and oxygen atoms in total. The monoisotopic (exact) mass is 283 g/mol. The fourth-order valence-electron chi connectivity index (χ4n) is 3.67. The molecule has 0 saturated heterocycles. The fourth-order valence-corrected chi connectivity index (χ4v) is 3.67. The maximum absolute atomic E-state index is 10.0. The molecule has 0 aromatic rings. The predicted octanol–water partition coefficient (Wildman–Crippen LogP) is 3.11. The molecule has 0 amide bonds. The molecular formula is C17H33NO2. The van der Waals surface area contributed by atoms with Gasteiger partial charge < -0.3 is 15.2 Å². The Labute approximate surface area is 124 Å². The van der Waals surface area contributed by atoms with Crippen molar-refractivity contribution in [2.24, 2.45) is 11.8 Å². The third-order valence-electron chi connectivity index (χ3n) is 5.07. The second kappa shape index (κ2) is 9.01. The second-order valence-corrected chi connectivity index (χ2v) is 6.95. The van der Waals surface area contributed by atoms with Crippen molar-refractivity contribution in [3.8, 4) is 0 Å². The molecule has 0 bridgehead atoms. The van der Waals surface area contributed by atoms with Crippen molar-refractivity contribution in [2.45, 2.75) is 76.9 Å². The molecule has 0 heterocycles. The maximum Gasteiger partial charge on any atom is 0.0897 e. The van der Waals surface area contributed by atoms with Crippen molar-refractivity contribution in [3.05, 3.63) is 0 Å². The molecule has 3 unspecified atom stereocenters. The van der Waals surface area contributed by atoms with Crippen LogP contribution in [-0.4, -0.2) is 37.0 Å². The van der Waals surface area contributed by atoms with Crippen LogP contribution < -0.4 is 5.32 Å². The minimum atomic E-state index is -0.354. The van der Waals surface area contributed by atoms with Gasteiger partial charge in [0.1, 0.15) is 0 Å². The van der Waals surface area contributed by atoms with Gasteiger partial charge in [-0.2, -0.15) is 0 Å². The topological polar surface area (TPSA) is 41.5 Å². The van der Waals surface area contributed by atoms with Crippen molar-refractivity contribution >= 4 is 0 Å². The molecule has 2 fully saturated rings. The summed E-state index contributed by atoms with van der Waals surface area (Å²) in [5.41, 5.74) is 0. The van der Waals surface area contributed by atoms with Crippen LogP contribution in [0.25, 0.3) is 0 Å². The van der Waals surface area contributed by atoms with Crippen LogP contribution in [0.2, 0.25) is 0 Å². The number of nitrogens with one attached hydrogen (secondary N) is 1. The molecule has 2 rings (SSSR count). The first-order chi connectivity index (χ1) is 9.75. The van der Waals surface area contributed by atoms with E-state index in [9.17, 15) is 5.11 Å². The average Bonchev–Trinajstić information content (AvgIpc) is 2.47. The van der Waals surface area contributed by atoms with Crippen LogP contribution in [0.4, 0.5) is 0 Å².